The van der Waals surface area contributed by atoms with Gasteiger partial charge in [-0.15, -0.1) is 0 Å². The summed E-state index contributed by atoms with van der Waals surface area (Å²) in [5.41, 5.74) is 3.40. The Morgan fingerprint density at radius 3 is 2.52 bits per heavy atom. The lowest BCUT2D eigenvalue weighted by atomic mass is 10.1. The van der Waals surface area contributed by atoms with Crippen molar-refractivity contribution in [1.82, 2.24) is 19.9 Å². The highest BCUT2D eigenvalue weighted by Crippen LogP contribution is 2.16. The zero-order valence-corrected chi connectivity index (χ0v) is 17.7. The molecule has 8 N–H and O–H groups in total. The fourth-order valence-electron chi connectivity index (χ4n) is 2.88. The van der Waals surface area contributed by atoms with E-state index in [2.05, 4.69) is 25.3 Å². The second-order valence-corrected chi connectivity index (χ2v) is 6.61. The van der Waals surface area contributed by atoms with E-state index in [0.717, 1.165) is 48.5 Å². The maximum absolute atomic E-state index is 12.3. The van der Waals surface area contributed by atoms with Crippen LogP contribution in [0.5, 0.6) is 5.75 Å². The number of nitrogens with one attached hydrogen (secondary N) is 2. The second-order valence-electron chi connectivity index (χ2n) is 6.61. The van der Waals surface area contributed by atoms with Gasteiger partial charge in [-0.3, -0.25) is 19.7 Å². The van der Waals surface area contributed by atoms with Crippen LogP contribution in [0.15, 0.2) is 47.7 Å². The number of aryl methyl sites for hydroxylation is 2. The molecular weight excluding hydrogens is 402 g/mol. The van der Waals surface area contributed by atoms with Crippen molar-refractivity contribution in [2.45, 2.75) is 32.6 Å². The van der Waals surface area contributed by atoms with Gasteiger partial charge in [-0.25, -0.2) is 4.98 Å². The lowest BCUT2D eigenvalue weighted by Gasteiger charge is -2.08. The van der Waals surface area contributed by atoms with Crippen molar-refractivity contribution in [1.29, 1.82) is 0 Å². The molecule has 0 saturated carbocycles. The van der Waals surface area contributed by atoms with E-state index in [4.69, 9.17) is 4.74 Å². The van der Waals surface area contributed by atoms with Crippen LogP contribution in [0.25, 0.3) is 0 Å². The van der Waals surface area contributed by atoms with Gasteiger partial charge in [0.05, 0.1) is 12.8 Å². The molecular formula is C21H31N5O5. The molecule has 0 aliphatic heterocycles. The van der Waals surface area contributed by atoms with E-state index in [-0.39, 0.29) is 22.0 Å². The summed E-state index contributed by atoms with van der Waals surface area (Å²) in [6.07, 6.45) is 8.45. The van der Waals surface area contributed by atoms with Crippen LogP contribution in [0.2, 0.25) is 0 Å². The lowest BCUT2D eigenvalue weighted by Crippen LogP contribution is -2.17. The average Bonchev–Trinajstić information content (AvgIpc) is 2.71. The minimum absolute atomic E-state index is 0. The lowest BCUT2D eigenvalue weighted by molar-refractivity contribution is 0.406. The first-order valence-electron chi connectivity index (χ1n) is 9.37. The molecule has 0 amide bonds. The van der Waals surface area contributed by atoms with E-state index >= 15 is 0 Å². The minimum Gasteiger partial charge on any atom is -0.495 e. The van der Waals surface area contributed by atoms with Gasteiger partial charge in [0.1, 0.15) is 5.75 Å². The summed E-state index contributed by atoms with van der Waals surface area (Å²) in [6.45, 7) is 2.66. The molecule has 0 saturated heterocycles. The summed E-state index contributed by atoms with van der Waals surface area (Å²) >= 11 is 0. The molecule has 3 rings (SSSR count). The van der Waals surface area contributed by atoms with E-state index in [9.17, 15) is 4.79 Å². The van der Waals surface area contributed by atoms with E-state index in [1.54, 1.807) is 25.7 Å². The predicted molar refractivity (Wildman–Crippen MR) is 120 cm³/mol. The zero-order valence-electron chi connectivity index (χ0n) is 17.7. The molecule has 0 aromatic carbocycles. The number of hydrogen-bond donors (Lipinski definition) is 2. The van der Waals surface area contributed by atoms with Crippen LogP contribution in [0, 0.1) is 6.92 Å². The highest BCUT2D eigenvalue weighted by molar-refractivity contribution is 5.28. The fourth-order valence-corrected chi connectivity index (χ4v) is 2.88. The van der Waals surface area contributed by atoms with Crippen molar-refractivity contribution in [2.24, 2.45) is 0 Å². The second kappa shape index (κ2) is 13.8. The molecule has 0 bridgehead atoms. The molecule has 0 radical (unpaired) electrons. The van der Waals surface area contributed by atoms with Crippen molar-refractivity contribution in [2.75, 3.05) is 19.0 Å². The molecule has 3 aromatic heterocycles. The number of H-pyrrole nitrogens is 1. The van der Waals surface area contributed by atoms with Crippen molar-refractivity contribution in [3.05, 3.63) is 75.7 Å². The highest BCUT2D eigenvalue weighted by Gasteiger charge is 2.05. The quantitative estimate of drug-likeness (QED) is 0.460. The first-order valence-corrected chi connectivity index (χ1v) is 9.37. The van der Waals surface area contributed by atoms with Gasteiger partial charge >= 0.3 is 0 Å². The highest BCUT2D eigenvalue weighted by atomic mass is 16.5. The topological polar surface area (TPSA) is 187 Å². The third-order valence-electron chi connectivity index (χ3n) is 4.44. The molecule has 0 unspecified atom stereocenters. The van der Waals surface area contributed by atoms with Gasteiger partial charge in [-0.05, 0) is 49.9 Å². The SMILES string of the molecule is COc1cccnc1CCCCNc1ncc(Cc2ccc(C)nc2)c(=O)[nH]1.O.O.O. The summed E-state index contributed by atoms with van der Waals surface area (Å²) < 4.78 is 5.31. The number of hydrogen-bond acceptors (Lipinski definition) is 6. The Morgan fingerprint density at radius 1 is 1.03 bits per heavy atom. The van der Waals surface area contributed by atoms with Gasteiger partial charge in [0.25, 0.3) is 5.56 Å². The predicted octanol–water partition coefficient (Wildman–Crippen LogP) is 0.428. The largest absolute Gasteiger partial charge is 0.495 e. The Morgan fingerprint density at radius 2 is 1.84 bits per heavy atom. The van der Waals surface area contributed by atoms with Gasteiger partial charge in [0.15, 0.2) is 0 Å². The molecule has 0 atom stereocenters. The first kappa shape index (κ1) is 27.7. The van der Waals surface area contributed by atoms with Crippen LogP contribution >= 0.6 is 0 Å². The van der Waals surface area contributed by atoms with Crippen molar-refractivity contribution >= 4 is 5.95 Å². The van der Waals surface area contributed by atoms with Crippen molar-refractivity contribution in [3.8, 4) is 5.75 Å². The van der Waals surface area contributed by atoms with Gasteiger partial charge in [-0.2, -0.15) is 0 Å². The standard InChI is InChI=1S/C21H25N5O2.3H2O/c1-15-8-9-16(13-24-15)12-17-14-25-21(26-20(17)27)23-10-4-3-6-18-19(28-2)7-5-11-22-18;;;/h5,7-9,11,13-14H,3-4,6,10,12H2,1-2H3,(H2,23,25,26,27);3*1H2. The monoisotopic (exact) mass is 433 g/mol. The van der Waals surface area contributed by atoms with Crippen molar-refractivity contribution in [3.63, 3.8) is 0 Å². The zero-order chi connectivity index (χ0) is 19.8. The van der Waals surface area contributed by atoms with Gasteiger partial charge in [0, 0.05) is 42.8 Å². The first-order chi connectivity index (χ1) is 13.7. The molecule has 10 heteroatoms. The summed E-state index contributed by atoms with van der Waals surface area (Å²) in [6, 6.07) is 7.70. The molecule has 0 fully saturated rings. The minimum atomic E-state index is -0.128. The summed E-state index contributed by atoms with van der Waals surface area (Å²) in [7, 11) is 1.66. The molecule has 170 valence electrons. The number of rotatable bonds is 9. The third kappa shape index (κ3) is 8.13. The number of nitrogens with zero attached hydrogens (tertiary/aromatic N) is 3. The van der Waals surface area contributed by atoms with Crippen LogP contribution in [-0.4, -0.2) is 50.0 Å². The number of ether oxygens (including phenoxy) is 1. The Balaban J connectivity index is 0.00000300. The number of aromatic amines is 1. The van der Waals surface area contributed by atoms with Crippen molar-refractivity contribution < 1.29 is 21.2 Å². The molecule has 31 heavy (non-hydrogen) atoms. The normalized spacial score (nSPS) is 9.61. The maximum Gasteiger partial charge on any atom is 0.255 e. The summed E-state index contributed by atoms with van der Waals surface area (Å²) in [5.74, 6) is 1.31. The smallest absolute Gasteiger partial charge is 0.255 e. The average molecular weight is 434 g/mol. The number of aromatic nitrogens is 4. The van der Waals surface area contributed by atoms with E-state index in [1.165, 1.54) is 0 Å². The van der Waals surface area contributed by atoms with Crippen LogP contribution in [-0.2, 0) is 12.8 Å². The van der Waals surface area contributed by atoms with Gasteiger partial charge in [0.2, 0.25) is 5.95 Å². The molecule has 3 aromatic rings. The Labute approximate surface area is 180 Å². The molecule has 0 aliphatic carbocycles. The van der Waals surface area contributed by atoms with Crippen LogP contribution in [0.3, 0.4) is 0 Å². The van der Waals surface area contributed by atoms with Crippen LogP contribution in [0.4, 0.5) is 5.95 Å². The fraction of sp³-hybridized carbons (Fsp3) is 0.333. The molecule has 10 nitrogen and oxygen atoms in total. The Kier molecular flexibility index (Phi) is 12.3. The molecule has 0 spiro atoms. The third-order valence-corrected chi connectivity index (χ3v) is 4.44. The summed E-state index contributed by atoms with van der Waals surface area (Å²) in [4.78, 5) is 28.0. The number of methoxy groups -OCH3 is 1. The number of unbranched alkanes of at least 4 members (excludes halogenated alkanes) is 1. The number of pyridine rings is 2. The number of anilines is 1. The molecule has 3 heterocycles. The van der Waals surface area contributed by atoms with E-state index in [1.807, 2.05) is 31.2 Å². The molecule has 0 aliphatic rings. The van der Waals surface area contributed by atoms with Crippen LogP contribution in [0.1, 0.15) is 35.4 Å². The summed E-state index contributed by atoms with van der Waals surface area (Å²) in [5, 5.41) is 3.17. The van der Waals surface area contributed by atoms with E-state index < -0.39 is 0 Å². The maximum atomic E-state index is 12.3. The van der Waals surface area contributed by atoms with E-state index in [0.29, 0.717) is 17.9 Å². The Bertz CT molecular complexity index is 963. The Hall–Kier alpha value is -3.34. The van der Waals surface area contributed by atoms with Gasteiger partial charge in [-0.1, -0.05) is 6.07 Å². The van der Waals surface area contributed by atoms with Gasteiger partial charge < -0.3 is 26.5 Å². The van der Waals surface area contributed by atoms with Crippen LogP contribution < -0.4 is 15.6 Å².